The van der Waals surface area contributed by atoms with Crippen molar-refractivity contribution in [3.05, 3.63) is 70.4 Å². The molecule has 3 aromatic rings. The quantitative estimate of drug-likeness (QED) is 0.675. The highest BCUT2D eigenvalue weighted by Crippen LogP contribution is 2.35. The van der Waals surface area contributed by atoms with E-state index in [-0.39, 0.29) is 5.91 Å². The SMILES string of the molecule is N#Cc1c(N=Cc2ccco2)c(C(=O)Nc2ccc(Cl)cc2)n2c1CCC2. The standard InChI is InChI=1S/C20H15ClN4O2/c21-13-5-7-14(8-6-13)24-20(26)19-18(23-12-15-3-2-10-27-15)16(11-22)17-4-1-9-25(17)19/h2-3,5-8,10,12H,1,4,9H2,(H,24,26). The second-order valence-electron chi connectivity index (χ2n) is 6.12. The average molecular weight is 379 g/mol. The molecule has 7 heteroatoms. The number of nitriles is 1. The van der Waals surface area contributed by atoms with Gasteiger partial charge in [-0.25, -0.2) is 4.99 Å². The van der Waals surface area contributed by atoms with Crippen molar-refractivity contribution < 1.29 is 9.21 Å². The maximum atomic E-state index is 13.0. The zero-order chi connectivity index (χ0) is 18.8. The van der Waals surface area contributed by atoms with E-state index in [1.807, 2.05) is 4.57 Å². The molecule has 134 valence electrons. The van der Waals surface area contributed by atoms with Crippen LogP contribution in [-0.4, -0.2) is 16.7 Å². The van der Waals surface area contributed by atoms with E-state index in [9.17, 15) is 10.1 Å². The first-order chi connectivity index (χ1) is 13.2. The number of carbonyl (C=O) groups excluding carboxylic acids is 1. The van der Waals surface area contributed by atoms with Gasteiger partial charge in [0, 0.05) is 22.9 Å². The summed E-state index contributed by atoms with van der Waals surface area (Å²) in [7, 11) is 0. The third-order valence-electron chi connectivity index (χ3n) is 4.43. The van der Waals surface area contributed by atoms with Crippen LogP contribution in [0.4, 0.5) is 11.4 Å². The predicted octanol–water partition coefficient (Wildman–Crippen LogP) is 4.56. The van der Waals surface area contributed by atoms with Gasteiger partial charge in [0.15, 0.2) is 0 Å². The molecular formula is C20H15ClN4O2. The average Bonchev–Trinajstić information content (AvgIpc) is 3.38. The molecule has 0 fully saturated rings. The maximum Gasteiger partial charge on any atom is 0.274 e. The molecule has 3 heterocycles. The molecule has 0 saturated carbocycles. The summed E-state index contributed by atoms with van der Waals surface area (Å²) in [6.07, 6.45) is 4.71. The Morgan fingerprint density at radius 1 is 1.33 bits per heavy atom. The molecule has 0 saturated heterocycles. The number of amides is 1. The summed E-state index contributed by atoms with van der Waals surface area (Å²) in [5.41, 5.74) is 2.67. The molecule has 0 atom stereocenters. The first-order valence-electron chi connectivity index (χ1n) is 8.47. The zero-order valence-electron chi connectivity index (χ0n) is 14.3. The summed E-state index contributed by atoms with van der Waals surface area (Å²) < 4.78 is 7.15. The van der Waals surface area contributed by atoms with E-state index in [1.54, 1.807) is 42.7 Å². The van der Waals surface area contributed by atoms with E-state index < -0.39 is 0 Å². The van der Waals surface area contributed by atoms with Crippen molar-refractivity contribution in [3.8, 4) is 6.07 Å². The summed E-state index contributed by atoms with van der Waals surface area (Å²) in [5, 5.41) is 13.1. The molecule has 0 aliphatic carbocycles. The first-order valence-corrected chi connectivity index (χ1v) is 8.85. The van der Waals surface area contributed by atoms with Gasteiger partial charge in [0.2, 0.25) is 0 Å². The highest BCUT2D eigenvalue weighted by molar-refractivity contribution is 6.30. The van der Waals surface area contributed by atoms with Gasteiger partial charge in [-0.2, -0.15) is 5.26 Å². The molecule has 1 aliphatic rings. The smallest absolute Gasteiger partial charge is 0.274 e. The first kappa shape index (κ1) is 17.1. The summed E-state index contributed by atoms with van der Waals surface area (Å²) in [5.74, 6) is 0.239. The molecule has 1 N–H and O–H groups in total. The lowest BCUT2D eigenvalue weighted by Crippen LogP contribution is -2.16. The Kier molecular flexibility index (Phi) is 4.53. The number of fused-ring (bicyclic) bond motifs is 1. The van der Waals surface area contributed by atoms with Crippen LogP contribution in [0.2, 0.25) is 5.02 Å². The van der Waals surface area contributed by atoms with Gasteiger partial charge >= 0.3 is 0 Å². The number of carbonyl (C=O) groups is 1. The summed E-state index contributed by atoms with van der Waals surface area (Å²) >= 11 is 5.90. The second-order valence-corrected chi connectivity index (χ2v) is 6.56. The number of nitrogens with one attached hydrogen (secondary N) is 1. The van der Waals surface area contributed by atoms with Crippen LogP contribution in [0.5, 0.6) is 0 Å². The van der Waals surface area contributed by atoms with Crippen LogP contribution in [0.1, 0.15) is 33.9 Å². The van der Waals surface area contributed by atoms with Crippen molar-refractivity contribution in [1.82, 2.24) is 4.57 Å². The largest absolute Gasteiger partial charge is 0.463 e. The number of furan rings is 1. The number of aliphatic imine (C=N–C) groups is 1. The molecule has 0 spiro atoms. The van der Waals surface area contributed by atoms with E-state index >= 15 is 0 Å². The van der Waals surface area contributed by atoms with Crippen molar-refractivity contribution in [3.63, 3.8) is 0 Å². The molecule has 4 rings (SSSR count). The topological polar surface area (TPSA) is 83.3 Å². The van der Waals surface area contributed by atoms with Crippen molar-refractivity contribution in [2.24, 2.45) is 4.99 Å². The van der Waals surface area contributed by atoms with Gasteiger partial charge < -0.3 is 14.3 Å². The third-order valence-corrected chi connectivity index (χ3v) is 4.69. The van der Waals surface area contributed by atoms with E-state index in [1.165, 1.54) is 6.21 Å². The van der Waals surface area contributed by atoms with Gasteiger partial charge in [0.05, 0.1) is 18.0 Å². The minimum atomic E-state index is -0.312. The number of aromatic nitrogens is 1. The molecule has 0 unspecified atom stereocenters. The fourth-order valence-electron chi connectivity index (χ4n) is 3.25. The Hall–Kier alpha value is -3.30. The van der Waals surface area contributed by atoms with Gasteiger partial charge in [-0.3, -0.25) is 4.79 Å². The molecular weight excluding hydrogens is 364 g/mol. The third kappa shape index (κ3) is 3.25. The normalized spacial score (nSPS) is 12.9. The maximum absolute atomic E-state index is 13.0. The zero-order valence-corrected chi connectivity index (χ0v) is 15.0. The van der Waals surface area contributed by atoms with Crippen molar-refractivity contribution >= 4 is 35.1 Å². The fourth-order valence-corrected chi connectivity index (χ4v) is 3.38. The van der Waals surface area contributed by atoms with Crippen LogP contribution in [0.25, 0.3) is 0 Å². The number of benzene rings is 1. The second kappa shape index (κ2) is 7.14. The minimum absolute atomic E-state index is 0.312. The number of hydrogen-bond donors (Lipinski definition) is 1. The number of anilines is 1. The fraction of sp³-hybridized carbons (Fsp3) is 0.150. The number of halogens is 1. The Labute approximate surface area is 160 Å². The lowest BCUT2D eigenvalue weighted by atomic mass is 10.1. The van der Waals surface area contributed by atoms with Gasteiger partial charge in [-0.1, -0.05) is 11.6 Å². The number of nitrogens with zero attached hydrogens (tertiary/aromatic N) is 3. The highest BCUT2D eigenvalue weighted by atomic mass is 35.5. The van der Waals surface area contributed by atoms with Gasteiger partial charge in [0.1, 0.15) is 23.2 Å². The molecule has 1 amide bonds. The minimum Gasteiger partial charge on any atom is -0.463 e. The van der Waals surface area contributed by atoms with E-state index in [2.05, 4.69) is 16.4 Å². The summed E-state index contributed by atoms with van der Waals surface area (Å²) in [6.45, 7) is 0.684. The van der Waals surface area contributed by atoms with Crippen LogP contribution < -0.4 is 5.32 Å². The Morgan fingerprint density at radius 3 is 2.85 bits per heavy atom. The van der Waals surface area contributed by atoms with E-state index in [0.717, 1.165) is 18.5 Å². The summed E-state index contributed by atoms with van der Waals surface area (Å²) in [6, 6.07) is 12.6. The van der Waals surface area contributed by atoms with Crippen molar-refractivity contribution in [2.75, 3.05) is 5.32 Å². The monoisotopic (exact) mass is 378 g/mol. The van der Waals surface area contributed by atoms with Crippen LogP contribution >= 0.6 is 11.6 Å². The number of rotatable bonds is 4. The van der Waals surface area contributed by atoms with Crippen LogP contribution in [0.15, 0.2) is 52.1 Å². The van der Waals surface area contributed by atoms with Gasteiger partial charge in [-0.05, 0) is 49.2 Å². The molecule has 1 aromatic carbocycles. The molecule has 27 heavy (non-hydrogen) atoms. The lowest BCUT2D eigenvalue weighted by molar-refractivity contribution is 0.101. The number of hydrogen-bond acceptors (Lipinski definition) is 4. The highest BCUT2D eigenvalue weighted by Gasteiger charge is 2.29. The van der Waals surface area contributed by atoms with Gasteiger partial charge in [0.25, 0.3) is 5.91 Å². The van der Waals surface area contributed by atoms with Crippen LogP contribution in [0.3, 0.4) is 0 Å². The Bertz CT molecular complexity index is 1060. The van der Waals surface area contributed by atoms with Crippen molar-refractivity contribution in [2.45, 2.75) is 19.4 Å². The molecule has 0 bridgehead atoms. The van der Waals surface area contributed by atoms with Crippen LogP contribution in [-0.2, 0) is 13.0 Å². The molecule has 1 aliphatic heterocycles. The van der Waals surface area contributed by atoms with Gasteiger partial charge in [-0.15, -0.1) is 0 Å². The van der Waals surface area contributed by atoms with E-state index in [4.69, 9.17) is 16.0 Å². The summed E-state index contributed by atoms with van der Waals surface area (Å²) in [4.78, 5) is 17.4. The Morgan fingerprint density at radius 2 is 2.15 bits per heavy atom. The molecule has 2 aromatic heterocycles. The molecule has 6 nitrogen and oxygen atoms in total. The Balaban J connectivity index is 1.75. The van der Waals surface area contributed by atoms with Crippen molar-refractivity contribution in [1.29, 1.82) is 5.26 Å². The predicted molar refractivity (Wildman–Crippen MR) is 103 cm³/mol. The lowest BCUT2D eigenvalue weighted by Gasteiger charge is -2.09. The molecule has 0 radical (unpaired) electrons. The van der Waals surface area contributed by atoms with Crippen LogP contribution in [0, 0.1) is 11.3 Å². The van der Waals surface area contributed by atoms with E-state index in [0.29, 0.717) is 40.0 Å².